The predicted octanol–water partition coefficient (Wildman–Crippen LogP) is -0.336. The van der Waals surface area contributed by atoms with Crippen LogP contribution in [0.3, 0.4) is 0 Å². The first-order chi connectivity index (χ1) is 21.5. The van der Waals surface area contributed by atoms with Crippen molar-refractivity contribution in [3.63, 3.8) is 0 Å². The number of anilines is 1. The van der Waals surface area contributed by atoms with Gasteiger partial charge in [-0.15, -0.1) is 20.8 Å². The third kappa shape index (κ3) is 7.40. The maximum absolute atomic E-state index is 12.2. The number of hydrogen-bond acceptors (Lipinski definition) is 20. The molecule has 2 aliphatic heterocycles. The normalized spacial score (nSPS) is 29.3. The molecule has 2 saturated heterocycles. The molecule has 0 aliphatic carbocycles. The van der Waals surface area contributed by atoms with E-state index in [9.17, 15) is 38.9 Å². The Kier molecular flexibility index (Phi) is 10.9. The fourth-order valence-electron chi connectivity index (χ4n) is 4.39. The van der Waals surface area contributed by atoms with Gasteiger partial charge in [0.1, 0.15) is 66.7 Å². The number of aromatic nitrogens is 6. The quantitative estimate of drug-likeness (QED) is 0.0860. The zero-order valence-electron chi connectivity index (χ0n) is 22.7. The van der Waals surface area contributed by atoms with E-state index >= 15 is 0 Å². The van der Waals surface area contributed by atoms with Gasteiger partial charge in [0.2, 0.25) is 0 Å². The summed E-state index contributed by atoms with van der Waals surface area (Å²) in [4.78, 5) is 27.9. The summed E-state index contributed by atoms with van der Waals surface area (Å²) in [5.41, 5.74) is 5.48. The highest BCUT2D eigenvalue weighted by Crippen LogP contribution is 2.47. The minimum atomic E-state index is -3.33. The Morgan fingerprint density at radius 2 is 1.47 bits per heavy atom. The van der Waals surface area contributed by atoms with Gasteiger partial charge in [0.25, 0.3) is 0 Å². The van der Waals surface area contributed by atoms with E-state index in [0.717, 1.165) is 4.57 Å². The lowest BCUT2D eigenvalue weighted by Gasteiger charge is -2.16. The van der Waals surface area contributed by atoms with Crippen molar-refractivity contribution in [2.24, 2.45) is 0 Å². The lowest BCUT2D eigenvalue weighted by atomic mass is 10.1. The fraction of sp³-hybridized carbons (Fsp3) is 0.550. The molecule has 3 aromatic rings. The summed E-state index contributed by atoms with van der Waals surface area (Å²) in [7, 11) is -9.68. The van der Waals surface area contributed by atoms with Crippen LogP contribution in [0.5, 0.6) is 0 Å². The van der Waals surface area contributed by atoms with Crippen LogP contribution in [0.25, 0.3) is 11.2 Å². The van der Waals surface area contributed by atoms with E-state index in [4.69, 9.17) is 24.3 Å². The summed E-state index contributed by atoms with van der Waals surface area (Å²) in [6.07, 6.45) is -5.64. The number of nitrogens with two attached hydrogens (primary N) is 1. The Balaban J connectivity index is 1.06. The lowest BCUT2D eigenvalue weighted by Crippen LogP contribution is -2.36. The Labute approximate surface area is 258 Å². The molecule has 21 nitrogen and oxygen atoms in total. The molecule has 25 heteroatoms. The maximum atomic E-state index is 12.2. The third-order valence-corrected chi connectivity index (χ3v) is 10.1. The van der Waals surface area contributed by atoms with E-state index in [-0.39, 0.29) is 17.0 Å². The van der Waals surface area contributed by atoms with Crippen molar-refractivity contribution in [3.05, 3.63) is 35.4 Å². The van der Waals surface area contributed by atoms with Gasteiger partial charge in [0.15, 0.2) is 32.5 Å². The van der Waals surface area contributed by atoms with E-state index in [1.54, 1.807) is 6.26 Å². The van der Waals surface area contributed by atoms with Crippen LogP contribution in [0.2, 0.25) is 0 Å². The predicted molar refractivity (Wildman–Crippen MR) is 149 cm³/mol. The number of ether oxygens (including phenoxy) is 2. The van der Waals surface area contributed by atoms with Gasteiger partial charge in [-0.1, -0.05) is 0 Å². The molecule has 0 amide bonds. The number of imidazole rings is 1. The van der Waals surface area contributed by atoms with Crippen LogP contribution < -0.4 is 11.4 Å². The molecule has 5 heterocycles. The fourth-order valence-corrected chi connectivity index (χ4v) is 6.93. The Morgan fingerprint density at radius 3 is 2.02 bits per heavy atom. The highest BCUT2D eigenvalue weighted by molar-refractivity contribution is 7.98. The molecule has 0 bridgehead atoms. The van der Waals surface area contributed by atoms with Gasteiger partial charge in [-0.3, -0.25) is 9.13 Å². The molecular weight excluding hydrogens is 687 g/mol. The summed E-state index contributed by atoms with van der Waals surface area (Å²) < 4.78 is 68.5. The van der Waals surface area contributed by atoms with Crippen LogP contribution in [-0.4, -0.2) is 106 Å². The van der Waals surface area contributed by atoms with Crippen molar-refractivity contribution < 1.29 is 61.3 Å². The SMILES string of the molecule is CSc1ccn([C@@H]2O[C@H](CO[P+](=O)O[P+](=O)O[P+](=O)OC[C@@H]3O[C@H](n4cnc5c(N)ncnc54)[C@@H](O)[C@H]3O)[C@@H](O)[C@H]2O)c(=O)n1. The molecule has 45 heavy (non-hydrogen) atoms. The largest absolute Gasteiger partial charge is 0.798 e. The minimum Gasteiger partial charge on any atom is -0.387 e. The van der Waals surface area contributed by atoms with Gasteiger partial charge in [-0.2, -0.15) is 4.98 Å². The van der Waals surface area contributed by atoms with Crippen LogP contribution >= 0.6 is 36.5 Å². The number of nitrogen functional groups attached to an aromatic ring is 1. The molecule has 0 aromatic carbocycles. The van der Waals surface area contributed by atoms with Crippen molar-refractivity contribution in [2.45, 2.75) is 54.1 Å². The first-order valence-corrected chi connectivity index (χ1v) is 17.1. The first-order valence-electron chi connectivity index (χ1n) is 12.6. The summed E-state index contributed by atoms with van der Waals surface area (Å²) >= 11 is 1.23. The molecular formula is C20H25N7O14P3S+3. The molecule has 6 N–H and O–H groups in total. The second kappa shape index (κ2) is 14.5. The number of hydrogen-bond donors (Lipinski definition) is 5. The lowest BCUT2D eigenvalue weighted by molar-refractivity contribution is -0.0517. The first kappa shape index (κ1) is 33.8. The Hall–Kier alpha value is -2.52. The smallest absolute Gasteiger partial charge is 0.387 e. The molecule has 0 spiro atoms. The zero-order chi connectivity index (χ0) is 32.4. The van der Waals surface area contributed by atoms with E-state index in [0.29, 0.717) is 5.03 Å². The standard InChI is InChI=1S/C20H25N7O14P3S/c1-45-10-2-3-26(20(32)25-10)18-14(30)12(28)8(38-18)4-36-42(33)40-44(35)41-43(34)37-5-9-13(29)15(31)19(39-9)27-7-24-11-16(21)22-6-23-17(11)27/h2-3,6-9,12-15,18-19,28-31H,4-5H2,1H3,(H2,21,22,23)/q+3/t8-,9+,12-,13+,14-,15+,18-,19+/m1/s1. The molecule has 3 aromatic heterocycles. The molecule has 0 radical (unpaired) electrons. The molecule has 5 rings (SSSR count). The molecule has 0 saturated carbocycles. The topological polar surface area (TPSA) is 292 Å². The molecule has 2 fully saturated rings. The second-order valence-electron chi connectivity index (χ2n) is 9.26. The average Bonchev–Trinajstić information content (AvgIpc) is 3.65. The van der Waals surface area contributed by atoms with Crippen LogP contribution in [0.15, 0.2) is 34.7 Å². The number of fused-ring (bicyclic) bond motifs is 1. The zero-order valence-corrected chi connectivity index (χ0v) is 26.2. The van der Waals surface area contributed by atoms with Crippen molar-refractivity contribution in [1.29, 1.82) is 0 Å². The molecule has 3 unspecified atom stereocenters. The van der Waals surface area contributed by atoms with Gasteiger partial charge in [0.05, 0.1) is 6.33 Å². The summed E-state index contributed by atoms with van der Waals surface area (Å²) in [6, 6.07) is 1.51. The van der Waals surface area contributed by atoms with E-state index in [1.165, 1.54) is 41.2 Å². The molecule has 242 valence electrons. The van der Waals surface area contributed by atoms with E-state index in [2.05, 4.69) is 28.6 Å². The number of aliphatic hydroxyl groups excluding tert-OH is 4. The number of thioether (sulfide) groups is 1. The monoisotopic (exact) mass is 712 g/mol. The summed E-state index contributed by atoms with van der Waals surface area (Å²) in [6.45, 7) is -1.23. The van der Waals surface area contributed by atoms with Crippen LogP contribution in [-0.2, 0) is 40.8 Å². The van der Waals surface area contributed by atoms with Gasteiger partial charge >= 0.3 is 30.5 Å². The van der Waals surface area contributed by atoms with E-state index in [1.807, 2.05) is 0 Å². The van der Waals surface area contributed by atoms with Gasteiger partial charge in [0, 0.05) is 19.9 Å². The Morgan fingerprint density at radius 1 is 0.889 bits per heavy atom. The number of rotatable bonds is 13. The third-order valence-electron chi connectivity index (χ3n) is 6.58. The highest BCUT2D eigenvalue weighted by Gasteiger charge is 2.53. The number of nitrogens with zero attached hydrogens (tertiary/aromatic N) is 6. The van der Waals surface area contributed by atoms with Gasteiger partial charge in [-0.05, 0) is 12.3 Å². The van der Waals surface area contributed by atoms with Crippen LogP contribution in [0.1, 0.15) is 12.5 Å². The van der Waals surface area contributed by atoms with Crippen LogP contribution in [0.4, 0.5) is 5.82 Å². The maximum Gasteiger partial charge on any atom is 0.798 e. The second-order valence-corrected chi connectivity index (χ2v) is 13.3. The minimum absolute atomic E-state index is 0.0878. The molecule has 11 atom stereocenters. The highest BCUT2D eigenvalue weighted by atomic mass is 32.2. The molecule has 2 aliphatic rings. The van der Waals surface area contributed by atoms with Crippen molar-refractivity contribution >= 4 is 53.5 Å². The van der Waals surface area contributed by atoms with Crippen LogP contribution in [0, 0.1) is 0 Å². The van der Waals surface area contributed by atoms with Crippen molar-refractivity contribution in [2.75, 3.05) is 25.2 Å². The Bertz CT molecular complexity index is 1650. The number of aliphatic hydroxyl groups is 4. The van der Waals surface area contributed by atoms with E-state index < -0.39 is 92.7 Å². The van der Waals surface area contributed by atoms with Gasteiger partial charge in [-0.25, -0.2) is 19.7 Å². The van der Waals surface area contributed by atoms with Crippen molar-refractivity contribution in [1.82, 2.24) is 29.1 Å². The average molecular weight is 712 g/mol. The summed E-state index contributed by atoms with van der Waals surface area (Å²) in [5.74, 6) is 0.0878. The van der Waals surface area contributed by atoms with Gasteiger partial charge < -0.3 is 35.6 Å². The van der Waals surface area contributed by atoms with Crippen molar-refractivity contribution in [3.8, 4) is 0 Å². The summed E-state index contributed by atoms with van der Waals surface area (Å²) in [5, 5.41) is 41.9.